The number of aromatic nitrogens is 1. The second-order valence-corrected chi connectivity index (χ2v) is 11.8. The molecule has 42 heavy (non-hydrogen) atoms. The number of hydrogen-bond acceptors (Lipinski definition) is 8. The van der Waals surface area contributed by atoms with E-state index in [4.69, 9.17) is 14.6 Å². The van der Waals surface area contributed by atoms with E-state index < -0.39 is 0 Å². The van der Waals surface area contributed by atoms with Crippen LogP contribution < -0.4 is 21.7 Å². The molecule has 1 saturated carbocycles. The Morgan fingerprint density at radius 1 is 1.14 bits per heavy atom. The van der Waals surface area contributed by atoms with Crippen molar-refractivity contribution < 1.29 is 14.4 Å². The van der Waals surface area contributed by atoms with Gasteiger partial charge >= 0.3 is 0 Å². The number of carbonyl (C=O) groups is 3. The van der Waals surface area contributed by atoms with E-state index in [-0.39, 0.29) is 11.9 Å². The van der Waals surface area contributed by atoms with Crippen molar-refractivity contribution in [2.24, 2.45) is 11.7 Å². The van der Waals surface area contributed by atoms with Crippen LogP contribution in [0.1, 0.15) is 75.3 Å². The zero-order valence-corrected chi connectivity index (χ0v) is 28.2. The Morgan fingerprint density at radius 2 is 1.71 bits per heavy atom. The van der Waals surface area contributed by atoms with E-state index in [9.17, 15) is 4.79 Å². The molecule has 5 N–H and O–H groups in total. The molecule has 1 aliphatic rings. The summed E-state index contributed by atoms with van der Waals surface area (Å²) in [5.41, 5.74) is 8.09. The topological polar surface area (TPSA) is 129 Å². The lowest BCUT2D eigenvalue weighted by atomic mass is 9.81. The summed E-state index contributed by atoms with van der Waals surface area (Å²) in [5, 5.41) is 9.43. The molecule has 2 amide bonds. The number of amides is 2. The van der Waals surface area contributed by atoms with Crippen molar-refractivity contribution in [1.82, 2.24) is 25.8 Å². The van der Waals surface area contributed by atoms with Crippen molar-refractivity contribution in [2.45, 2.75) is 77.2 Å². The van der Waals surface area contributed by atoms with E-state index in [0.717, 1.165) is 23.5 Å². The van der Waals surface area contributed by atoms with Crippen LogP contribution in [-0.2, 0) is 20.8 Å². The van der Waals surface area contributed by atoms with Crippen LogP contribution in [0.3, 0.4) is 0 Å². The Morgan fingerprint density at radius 3 is 2.21 bits per heavy atom. The van der Waals surface area contributed by atoms with Crippen LogP contribution >= 0.6 is 11.3 Å². The van der Waals surface area contributed by atoms with Crippen molar-refractivity contribution in [3.8, 4) is 0 Å². The van der Waals surface area contributed by atoms with Gasteiger partial charge in [-0.2, -0.15) is 0 Å². The van der Waals surface area contributed by atoms with Gasteiger partial charge in [0.1, 0.15) is 6.79 Å². The van der Waals surface area contributed by atoms with E-state index in [0.29, 0.717) is 31.1 Å². The number of nitrogens with one attached hydrogen (secondary N) is 3. The van der Waals surface area contributed by atoms with Gasteiger partial charge in [0.15, 0.2) is 0 Å². The smallest absolute Gasteiger partial charge is 0.220 e. The Labute approximate surface area is 259 Å². The Hall–Kier alpha value is -2.66. The zero-order valence-electron chi connectivity index (χ0n) is 27.4. The Bertz CT molecular complexity index is 990. The number of benzene rings is 1. The molecule has 10 heteroatoms. The maximum atomic E-state index is 12.9. The first-order chi connectivity index (χ1) is 20.1. The van der Waals surface area contributed by atoms with Gasteiger partial charge in [-0.3, -0.25) is 9.59 Å². The van der Waals surface area contributed by atoms with Gasteiger partial charge in [-0.15, -0.1) is 11.3 Å². The standard InChI is InChI=1S/C26H39N3OS.C2H5NO.C2H7N.CH5N.CH2O/c1-18(2)21-11-12-22-24(16-21)31-26(28-22)14-13-25(30)27-23(15-19(3)17-29(4)5)20-9-7-6-8-10-20;1-3-2-4;1-3-2;2*1-2/h11-12,16,18,20,23H,3,6-10,13-15,17H2,1-2,4-5H3,(H,27,30);2H,1H3,(H,3,4);3H,1-2H3;2H2,1H3;1H2. The van der Waals surface area contributed by atoms with Gasteiger partial charge in [-0.05, 0) is 84.0 Å². The van der Waals surface area contributed by atoms with Crippen LogP contribution in [-0.4, -0.2) is 83.9 Å². The van der Waals surface area contributed by atoms with Gasteiger partial charge in [0.05, 0.1) is 15.2 Å². The molecule has 1 unspecified atom stereocenters. The number of hydrogen-bond donors (Lipinski definition) is 4. The molecule has 240 valence electrons. The first-order valence-corrected chi connectivity index (χ1v) is 15.5. The predicted molar refractivity (Wildman–Crippen MR) is 180 cm³/mol. The summed E-state index contributed by atoms with van der Waals surface area (Å²) in [6, 6.07) is 6.74. The lowest BCUT2D eigenvalue weighted by molar-refractivity contribution is -0.122. The number of fused-ring (bicyclic) bond motifs is 1. The second kappa shape index (κ2) is 26.0. The van der Waals surface area contributed by atoms with E-state index >= 15 is 0 Å². The highest BCUT2D eigenvalue weighted by molar-refractivity contribution is 7.18. The molecular weight excluding hydrogens is 548 g/mol. The molecule has 0 spiro atoms. The quantitative estimate of drug-likeness (QED) is 0.219. The third-order valence-corrected chi connectivity index (χ3v) is 7.50. The molecule has 2 aromatic rings. The monoisotopic (exact) mass is 606 g/mol. The third kappa shape index (κ3) is 18.0. The summed E-state index contributed by atoms with van der Waals surface area (Å²) in [6.07, 6.45) is 9.03. The molecule has 9 nitrogen and oxygen atoms in total. The SMILES string of the molecule is C=C(CC(NC(=O)CCc1nc2ccc(C(C)C)cc2s1)C1CCCCC1)CN(C)C.C=O.CN.CNC.CNC=O. The van der Waals surface area contributed by atoms with Crippen LogP contribution in [0, 0.1) is 5.92 Å². The van der Waals surface area contributed by atoms with Gasteiger partial charge < -0.3 is 31.4 Å². The Kier molecular flexibility index (Phi) is 25.7. The van der Waals surface area contributed by atoms with Gasteiger partial charge in [0.25, 0.3) is 0 Å². The molecule has 1 fully saturated rings. The number of carbonyl (C=O) groups excluding carboxylic acids is 3. The van der Waals surface area contributed by atoms with Gasteiger partial charge in [-0.25, -0.2) is 4.98 Å². The lowest BCUT2D eigenvalue weighted by Crippen LogP contribution is -2.42. The van der Waals surface area contributed by atoms with E-state index in [1.807, 2.05) is 20.9 Å². The first kappa shape index (κ1) is 41.5. The highest BCUT2D eigenvalue weighted by Crippen LogP contribution is 2.30. The largest absolute Gasteiger partial charge is 0.362 e. The minimum absolute atomic E-state index is 0.148. The van der Waals surface area contributed by atoms with Gasteiger partial charge in [-0.1, -0.05) is 51.3 Å². The van der Waals surface area contributed by atoms with Crippen molar-refractivity contribution in [3.63, 3.8) is 0 Å². The fourth-order valence-corrected chi connectivity index (χ4v) is 5.66. The number of nitrogens with two attached hydrogens (primary N) is 1. The van der Waals surface area contributed by atoms with Crippen molar-refractivity contribution in [1.29, 1.82) is 0 Å². The van der Waals surface area contributed by atoms with Crippen LogP contribution in [0.15, 0.2) is 30.4 Å². The summed E-state index contributed by atoms with van der Waals surface area (Å²) in [7, 11) is 11.0. The number of rotatable bonds is 11. The van der Waals surface area contributed by atoms with Crippen molar-refractivity contribution in [2.75, 3.05) is 48.8 Å². The molecule has 3 rings (SSSR count). The molecular formula is C32H58N6O3S. The summed E-state index contributed by atoms with van der Waals surface area (Å²) in [5.74, 6) is 1.24. The fourth-order valence-electron chi connectivity index (χ4n) is 4.65. The van der Waals surface area contributed by atoms with Gasteiger partial charge in [0.2, 0.25) is 12.3 Å². The number of thiazole rings is 1. The highest BCUT2D eigenvalue weighted by Gasteiger charge is 2.25. The maximum Gasteiger partial charge on any atom is 0.220 e. The van der Waals surface area contributed by atoms with Crippen molar-refractivity contribution >= 4 is 40.7 Å². The van der Waals surface area contributed by atoms with Gasteiger partial charge in [0, 0.05) is 32.5 Å². The summed E-state index contributed by atoms with van der Waals surface area (Å²) in [4.78, 5) is 36.8. The van der Waals surface area contributed by atoms with Crippen LogP contribution in [0.25, 0.3) is 10.2 Å². The molecule has 1 aliphatic carbocycles. The minimum Gasteiger partial charge on any atom is -0.362 e. The Balaban J connectivity index is 0. The molecule has 1 aromatic heterocycles. The lowest BCUT2D eigenvalue weighted by Gasteiger charge is -2.32. The van der Waals surface area contributed by atoms with Crippen LogP contribution in [0.4, 0.5) is 0 Å². The third-order valence-electron chi connectivity index (χ3n) is 6.42. The molecule has 1 atom stereocenters. The normalized spacial score (nSPS) is 13.1. The molecule has 0 saturated heterocycles. The number of aryl methyl sites for hydroxylation is 1. The molecule has 1 heterocycles. The number of likely N-dealkylation sites (N-methyl/N-ethyl adjacent to an activating group) is 1. The van der Waals surface area contributed by atoms with E-state index in [1.54, 1.807) is 18.4 Å². The zero-order chi connectivity index (χ0) is 32.5. The van der Waals surface area contributed by atoms with Crippen molar-refractivity contribution in [3.05, 3.63) is 40.9 Å². The average molecular weight is 607 g/mol. The molecule has 0 radical (unpaired) electrons. The first-order valence-electron chi connectivity index (χ1n) is 14.7. The summed E-state index contributed by atoms with van der Waals surface area (Å²) >= 11 is 1.72. The molecule has 0 aliphatic heterocycles. The highest BCUT2D eigenvalue weighted by atomic mass is 32.1. The van der Waals surface area contributed by atoms with Crippen LogP contribution in [0.5, 0.6) is 0 Å². The maximum absolute atomic E-state index is 12.9. The minimum atomic E-state index is 0.148. The molecule has 0 bridgehead atoms. The average Bonchev–Trinajstić information content (AvgIpc) is 3.41. The summed E-state index contributed by atoms with van der Waals surface area (Å²) < 4.78 is 1.22. The van der Waals surface area contributed by atoms with Crippen LogP contribution in [0.2, 0.25) is 0 Å². The van der Waals surface area contributed by atoms with E-state index in [2.05, 4.69) is 79.3 Å². The number of nitrogens with zero attached hydrogens (tertiary/aromatic N) is 2. The second-order valence-electron chi connectivity index (χ2n) is 10.7. The predicted octanol–water partition coefficient (Wildman–Crippen LogP) is 4.51. The summed E-state index contributed by atoms with van der Waals surface area (Å²) in [6.45, 7) is 11.6. The van der Waals surface area contributed by atoms with E-state index in [1.165, 1.54) is 55.0 Å². The fraction of sp³-hybridized carbons (Fsp3) is 0.625. The molecule has 1 aromatic carbocycles.